The minimum absolute atomic E-state index is 0.419. The Morgan fingerprint density at radius 2 is 1.78 bits per heavy atom. The SMILES string of the molecule is CC(C)Cc1ccc(CNCC2(O)CCC2)cc1. The van der Waals surface area contributed by atoms with Crippen molar-refractivity contribution in [1.82, 2.24) is 5.32 Å². The highest BCUT2D eigenvalue weighted by Gasteiger charge is 2.33. The number of rotatable bonds is 6. The van der Waals surface area contributed by atoms with Gasteiger partial charge in [-0.3, -0.25) is 0 Å². The first-order chi connectivity index (χ1) is 8.57. The van der Waals surface area contributed by atoms with Crippen molar-refractivity contribution in [2.45, 2.75) is 51.7 Å². The number of nitrogens with one attached hydrogen (secondary N) is 1. The molecule has 0 aromatic heterocycles. The smallest absolute Gasteiger partial charge is 0.0771 e. The monoisotopic (exact) mass is 247 g/mol. The van der Waals surface area contributed by atoms with Crippen molar-refractivity contribution in [2.24, 2.45) is 5.92 Å². The average molecular weight is 247 g/mol. The Balaban J connectivity index is 1.75. The van der Waals surface area contributed by atoms with E-state index in [1.807, 2.05) is 0 Å². The molecule has 0 radical (unpaired) electrons. The summed E-state index contributed by atoms with van der Waals surface area (Å²) in [7, 11) is 0. The summed E-state index contributed by atoms with van der Waals surface area (Å²) in [5.41, 5.74) is 2.29. The Labute approximate surface area is 110 Å². The lowest BCUT2D eigenvalue weighted by Crippen LogP contribution is -2.45. The van der Waals surface area contributed by atoms with Gasteiger partial charge in [0.05, 0.1) is 5.60 Å². The molecular formula is C16H25NO. The molecule has 2 rings (SSSR count). The minimum atomic E-state index is -0.419. The topological polar surface area (TPSA) is 32.3 Å². The van der Waals surface area contributed by atoms with Gasteiger partial charge in [0.2, 0.25) is 0 Å². The molecule has 2 N–H and O–H groups in total. The third-order valence-electron chi connectivity index (χ3n) is 3.73. The summed E-state index contributed by atoms with van der Waals surface area (Å²) in [6, 6.07) is 8.81. The molecule has 0 heterocycles. The van der Waals surface area contributed by atoms with E-state index in [-0.39, 0.29) is 0 Å². The van der Waals surface area contributed by atoms with E-state index in [0.29, 0.717) is 5.92 Å². The van der Waals surface area contributed by atoms with E-state index >= 15 is 0 Å². The number of aliphatic hydroxyl groups is 1. The van der Waals surface area contributed by atoms with E-state index in [1.54, 1.807) is 0 Å². The van der Waals surface area contributed by atoms with Gasteiger partial charge in [0.1, 0.15) is 0 Å². The van der Waals surface area contributed by atoms with Crippen LogP contribution >= 0.6 is 0 Å². The quantitative estimate of drug-likeness (QED) is 0.810. The fourth-order valence-corrected chi connectivity index (χ4v) is 2.47. The maximum absolute atomic E-state index is 9.97. The highest BCUT2D eigenvalue weighted by molar-refractivity contribution is 5.22. The Kier molecular flexibility index (Phi) is 4.41. The van der Waals surface area contributed by atoms with Crippen LogP contribution in [-0.4, -0.2) is 17.3 Å². The number of hydrogen-bond donors (Lipinski definition) is 2. The van der Waals surface area contributed by atoms with Gasteiger partial charge in [-0.2, -0.15) is 0 Å². The molecule has 0 atom stereocenters. The van der Waals surface area contributed by atoms with Gasteiger partial charge in [-0.25, -0.2) is 0 Å². The molecule has 0 unspecified atom stereocenters. The van der Waals surface area contributed by atoms with Gasteiger partial charge in [-0.15, -0.1) is 0 Å². The molecule has 18 heavy (non-hydrogen) atoms. The van der Waals surface area contributed by atoms with Gasteiger partial charge < -0.3 is 10.4 Å². The maximum Gasteiger partial charge on any atom is 0.0771 e. The maximum atomic E-state index is 9.97. The first-order valence-electron chi connectivity index (χ1n) is 7.08. The first kappa shape index (κ1) is 13.6. The van der Waals surface area contributed by atoms with Gasteiger partial charge in [0.25, 0.3) is 0 Å². The summed E-state index contributed by atoms with van der Waals surface area (Å²) in [6.45, 7) is 6.06. The molecule has 100 valence electrons. The summed E-state index contributed by atoms with van der Waals surface area (Å²) in [6.07, 6.45) is 4.22. The Morgan fingerprint density at radius 3 is 2.28 bits per heavy atom. The fraction of sp³-hybridized carbons (Fsp3) is 0.625. The van der Waals surface area contributed by atoms with Gasteiger partial charge in [-0.05, 0) is 42.7 Å². The summed E-state index contributed by atoms with van der Waals surface area (Å²) < 4.78 is 0. The zero-order chi connectivity index (χ0) is 13.0. The zero-order valence-electron chi connectivity index (χ0n) is 11.6. The number of benzene rings is 1. The third kappa shape index (κ3) is 3.82. The predicted molar refractivity (Wildman–Crippen MR) is 75.5 cm³/mol. The predicted octanol–water partition coefficient (Wildman–Crippen LogP) is 2.89. The number of hydrogen-bond acceptors (Lipinski definition) is 2. The van der Waals surface area contributed by atoms with E-state index in [1.165, 1.54) is 17.5 Å². The molecule has 0 amide bonds. The van der Waals surface area contributed by atoms with Crippen LogP contribution in [0.4, 0.5) is 0 Å². The van der Waals surface area contributed by atoms with Crippen molar-refractivity contribution < 1.29 is 5.11 Å². The molecule has 1 aromatic carbocycles. The highest BCUT2D eigenvalue weighted by atomic mass is 16.3. The zero-order valence-corrected chi connectivity index (χ0v) is 11.6. The average Bonchev–Trinajstić information content (AvgIpc) is 2.28. The van der Waals surface area contributed by atoms with Crippen molar-refractivity contribution in [2.75, 3.05) is 6.54 Å². The van der Waals surface area contributed by atoms with Crippen molar-refractivity contribution in [3.63, 3.8) is 0 Å². The standard InChI is InChI=1S/C16H25NO/c1-13(2)10-14-4-6-15(7-5-14)11-17-12-16(18)8-3-9-16/h4-7,13,17-18H,3,8-12H2,1-2H3. The summed E-state index contributed by atoms with van der Waals surface area (Å²) >= 11 is 0. The van der Waals surface area contributed by atoms with Crippen LogP contribution in [0.5, 0.6) is 0 Å². The van der Waals surface area contributed by atoms with Crippen molar-refractivity contribution in [3.8, 4) is 0 Å². The van der Waals surface area contributed by atoms with Crippen molar-refractivity contribution >= 4 is 0 Å². The second-order valence-corrected chi connectivity index (χ2v) is 6.10. The highest BCUT2D eigenvalue weighted by Crippen LogP contribution is 2.30. The fourth-order valence-electron chi connectivity index (χ4n) is 2.47. The Bertz CT molecular complexity index is 365. The lowest BCUT2D eigenvalue weighted by molar-refractivity contribution is -0.0314. The van der Waals surface area contributed by atoms with E-state index in [9.17, 15) is 5.11 Å². The van der Waals surface area contributed by atoms with Crippen LogP contribution in [0.1, 0.15) is 44.2 Å². The molecule has 0 saturated heterocycles. The van der Waals surface area contributed by atoms with Gasteiger partial charge >= 0.3 is 0 Å². The lowest BCUT2D eigenvalue weighted by atomic mass is 9.80. The second-order valence-electron chi connectivity index (χ2n) is 6.10. The third-order valence-corrected chi connectivity index (χ3v) is 3.73. The molecule has 0 bridgehead atoms. The van der Waals surface area contributed by atoms with Gasteiger partial charge in [0, 0.05) is 13.1 Å². The van der Waals surface area contributed by atoms with Gasteiger partial charge in [-0.1, -0.05) is 38.1 Å². The van der Waals surface area contributed by atoms with Crippen LogP contribution in [0, 0.1) is 5.92 Å². The molecule has 0 spiro atoms. The van der Waals surface area contributed by atoms with E-state index < -0.39 is 5.60 Å². The molecule has 1 fully saturated rings. The lowest BCUT2D eigenvalue weighted by Gasteiger charge is -2.36. The van der Waals surface area contributed by atoms with Crippen molar-refractivity contribution in [3.05, 3.63) is 35.4 Å². The van der Waals surface area contributed by atoms with E-state index in [2.05, 4.69) is 43.4 Å². The minimum Gasteiger partial charge on any atom is -0.389 e. The second kappa shape index (κ2) is 5.85. The summed E-state index contributed by atoms with van der Waals surface area (Å²) in [4.78, 5) is 0. The Morgan fingerprint density at radius 1 is 1.17 bits per heavy atom. The largest absolute Gasteiger partial charge is 0.389 e. The van der Waals surface area contributed by atoms with Gasteiger partial charge in [0.15, 0.2) is 0 Å². The molecule has 0 aliphatic heterocycles. The van der Waals surface area contributed by atoms with Crippen LogP contribution in [0.3, 0.4) is 0 Å². The molecule has 1 aliphatic carbocycles. The summed E-state index contributed by atoms with van der Waals surface area (Å²) in [5, 5.41) is 13.3. The molecule has 1 saturated carbocycles. The van der Waals surface area contributed by atoms with Crippen LogP contribution in [-0.2, 0) is 13.0 Å². The first-order valence-corrected chi connectivity index (χ1v) is 7.08. The van der Waals surface area contributed by atoms with E-state index in [0.717, 1.165) is 32.4 Å². The molecule has 2 heteroatoms. The Hall–Kier alpha value is -0.860. The normalized spacial score (nSPS) is 17.8. The van der Waals surface area contributed by atoms with Crippen LogP contribution in [0.25, 0.3) is 0 Å². The van der Waals surface area contributed by atoms with Crippen LogP contribution in [0.15, 0.2) is 24.3 Å². The van der Waals surface area contributed by atoms with Crippen LogP contribution < -0.4 is 5.32 Å². The van der Waals surface area contributed by atoms with E-state index in [4.69, 9.17) is 0 Å². The summed E-state index contributed by atoms with van der Waals surface area (Å²) in [5.74, 6) is 0.710. The van der Waals surface area contributed by atoms with Crippen LogP contribution in [0.2, 0.25) is 0 Å². The molecule has 1 aliphatic rings. The molecule has 1 aromatic rings. The van der Waals surface area contributed by atoms with Crippen molar-refractivity contribution in [1.29, 1.82) is 0 Å². The molecule has 2 nitrogen and oxygen atoms in total. The molecular weight excluding hydrogens is 222 g/mol.